The molecule has 11 nitrogen and oxygen atoms in total. The van der Waals surface area contributed by atoms with Crippen LogP contribution in [0.3, 0.4) is 0 Å². The van der Waals surface area contributed by atoms with Crippen LogP contribution >= 0.6 is 0 Å². The van der Waals surface area contributed by atoms with Crippen LogP contribution in [0.1, 0.15) is 37.7 Å². The summed E-state index contributed by atoms with van der Waals surface area (Å²) < 4.78 is 17.9. The van der Waals surface area contributed by atoms with Crippen molar-refractivity contribution in [2.45, 2.75) is 40.0 Å². The maximum Gasteiger partial charge on any atom is 0.240 e. The van der Waals surface area contributed by atoms with E-state index in [1.165, 1.54) is 0 Å². The number of nitrogens with zero attached hydrogens (tertiary/aromatic N) is 8. The number of hydrogen-bond donors (Lipinski definition) is 1. The SMILES string of the molecule is CCOc1nn(CCO)c2c1/C=C/c1cnc3cnc(cn13)-c1cnn(C)c1O[C@@H](C)CN(CC)C2. The van der Waals surface area contributed by atoms with E-state index in [-0.39, 0.29) is 12.7 Å². The van der Waals surface area contributed by atoms with E-state index in [2.05, 4.69) is 38.9 Å². The monoisotopic (exact) mass is 492 g/mol. The summed E-state index contributed by atoms with van der Waals surface area (Å²) in [5.74, 6) is 1.22. The molecule has 1 N–H and O–H groups in total. The summed E-state index contributed by atoms with van der Waals surface area (Å²) >= 11 is 0. The number of rotatable bonds is 5. The molecule has 4 aromatic rings. The van der Waals surface area contributed by atoms with Gasteiger partial charge in [-0.3, -0.25) is 19.0 Å². The third kappa shape index (κ3) is 4.47. The van der Waals surface area contributed by atoms with Crippen molar-refractivity contribution in [1.82, 2.24) is 38.8 Å². The van der Waals surface area contributed by atoms with Crippen LogP contribution in [-0.2, 0) is 20.1 Å². The van der Waals surface area contributed by atoms with Crippen molar-refractivity contribution in [1.29, 1.82) is 0 Å². The molecule has 5 rings (SSSR count). The van der Waals surface area contributed by atoms with E-state index < -0.39 is 0 Å². The molecular formula is C25H32N8O3. The van der Waals surface area contributed by atoms with Gasteiger partial charge in [0, 0.05) is 26.3 Å². The van der Waals surface area contributed by atoms with Gasteiger partial charge < -0.3 is 14.6 Å². The minimum absolute atomic E-state index is 0.0126. The van der Waals surface area contributed by atoms with Crippen LogP contribution in [0.4, 0.5) is 0 Å². The molecule has 1 aliphatic rings. The highest BCUT2D eigenvalue weighted by Crippen LogP contribution is 2.31. The van der Waals surface area contributed by atoms with Gasteiger partial charge in [0.1, 0.15) is 6.10 Å². The third-order valence-electron chi connectivity index (χ3n) is 6.31. The Bertz CT molecular complexity index is 1390. The van der Waals surface area contributed by atoms with E-state index in [4.69, 9.17) is 9.47 Å². The minimum atomic E-state index is -0.115. The van der Waals surface area contributed by atoms with E-state index >= 15 is 0 Å². The molecule has 1 aliphatic heterocycles. The first kappa shape index (κ1) is 24.0. The number of aliphatic hydroxyl groups excluding tert-OH is 1. The number of fused-ring (bicyclic) bond motifs is 4. The number of aromatic nitrogens is 7. The highest BCUT2D eigenvalue weighted by atomic mass is 16.5. The summed E-state index contributed by atoms with van der Waals surface area (Å²) in [5.41, 5.74) is 5.07. The molecule has 0 unspecified atom stereocenters. The van der Waals surface area contributed by atoms with E-state index in [0.717, 1.165) is 40.4 Å². The Labute approximate surface area is 209 Å². The molecule has 36 heavy (non-hydrogen) atoms. The Morgan fingerprint density at radius 1 is 1.17 bits per heavy atom. The largest absolute Gasteiger partial charge is 0.476 e. The summed E-state index contributed by atoms with van der Waals surface area (Å²) in [7, 11) is 1.87. The van der Waals surface area contributed by atoms with Crippen molar-refractivity contribution in [2.75, 3.05) is 26.3 Å². The normalized spacial score (nSPS) is 17.3. The van der Waals surface area contributed by atoms with Crippen molar-refractivity contribution in [2.24, 2.45) is 7.05 Å². The molecule has 0 radical (unpaired) electrons. The van der Waals surface area contributed by atoms with Gasteiger partial charge in [-0.1, -0.05) is 6.92 Å². The Morgan fingerprint density at radius 3 is 2.81 bits per heavy atom. The zero-order valence-corrected chi connectivity index (χ0v) is 21.1. The fourth-order valence-electron chi connectivity index (χ4n) is 4.53. The molecule has 1 atom stereocenters. The molecule has 0 fully saturated rings. The number of likely N-dealkylation sites (N-methyl/N-ethyl adjacent to an activating group) is 1. The quantitative estimate of drug-likeness (QED) is 0.453. The molecule has 11 heteroatoms. The second kappa shape index (κ2) is 10.1. The smallest absolute Gasteiger partial charge is 0.240 e. The van der Waals surface area contributed by atoms with E-state index in [1.54, 1.807) is 17.1 Å². The molecule has 4 aromatic heterocycles. The standard InChI is InChI=1S/C25H32N8O3/c1-5-31-14-17(3)36-25-20(12-28-30(25)4)21-15-32-18(11-27-23(32)13-26-21)7-8-19-22(16-31)33(9-10-34)29-24(19)35-6-2/h7-8,11-13,15,17,34H,5-6,9-10,14,16H2,1-4H3/b8-7+/t17-/m0/s1. The van der Waals surface area contributed by atoms with Crippen molar-refractivity contribution in [3.63, 3.8) is 0 Å². The van der Waals surface area contributed by atoms with Crippen LogP contribution < -0.4 is 9.47 Å². The molecule has 5 heterocycles. The number of aliphatic hydroxyl groups is 1. The van der Waals surface area contributed by atoms with Crippen molar-refractivity contribution in [3.8, 4) is 23.0 Å². The highest BCUT2D eigenvalue weighted by molar-refractivity contribution is 5.73. The maximum atomic E-state index is 9.70. The second-order valence-electron chi connectivity index (χ2n) is 8.81. The molecule has 0 saturated carbocycles. The lowest BCUT2D eigenvalue weighted by Crippen LogP contribution is -2.34. The average Bonchev–Trinajstić information content (AvgIpc) is 3.53. The van der Waals surface area contributed by atoms with Gasteiger partial charge in [-0.2, -0.15) is 5.10 Å². The second-order valence-corrected chi connectivity index (χ2v) is 8.81. The van der Waals surface area contributed by atoms with Gasteiger partial charge in [0.25, 0.3) is 0 Å². The predicted octanol–water partition coefficient (Wildman–Crippen LogP) is 2.49. The van der Waals surface area contributed by atoms with Crippen molar-refractivity contribution < 1.29 is 14.6 Å². The average molecular weight is 493 g/mol. The Kier molecular flexibility index (Phi) is 6.75. The molecule has 0 spiro atoms. The number of imidazole rings is 1. The predicted molar refractivity (Wildman–Crippen MR) is 136 cm³/mol. The zero-order chi connectivity index (χ0) is 25.2. The van der Waals surface area contributed by atoms with Gasteiger partial charge in [0.05, 0.1) is 66.6 Å². The Morgan fingerprint density at radius 2 is 2.03 bits per heavy atom. The van der Waals surface area contributed by atoms with Crippen molar-refractivity contribution in [3.05, 3.63) is 41.7 Å². The van der Waals surface area contributed by atoms with Crippen molar-refractivity contribution >= 4 is 17.8 Å². The summed E-state index contributed by atoms with van der Waals surface area (Å²) in [6.07, 6.45) is 11.2. The zero-order valence-electron chi connectivity index (χ0n) is 21.1. The maximum absolute atomic E-state index is 9.70. The molecule has 190 valence electrons. The fraction of sp³-hybridized carbons (Fsp3) is 0.440. The van der Waals surface area contributed by atoms with E-state index in [1.807, 2.05) is 47.6 Å². The van der Waals surface area contributed by atoms with Crippen LogP contribution in [0.2, 0.25) is 0 Å². The van der Waals surface area contributed by atoms with Crippen LogP contribution in [0.5, 0.6) is 11.8 Å². The minimum Gasteiger partial charge on any atom is -0.476 e. The Hall–Kier alpha value is -3.70. The van der Waals surface area contributed by atoms with Crippen LogP contribution in [0, 0.1) is 0 Å². The summed E-state index contributed by atoms with van der Waals surface area (Å²) in [6, 6.07) is 0. The van der Waals surface area contributed by atoms with E-state index in [9.17, 15) is 5.11 Å². The third-order valence-corrected chi connectivity index (χ3v) is 6.31. The van der Waals surface area contributed by atoms with Gasteiger partial charge in [-0.05, 0) is 32.5 Å². The van der Waals surface area contributed by atoms with Gasteiger partial charge in [-0.25, -0.2) is 9.67 Å². The lowest BCUT2D eigenvalue weighted by Gasteiger charge is -2.25. The summed E-state index contributed by atoms with van der Waals surface area (Å²) in [6.45, 7) is 9.12. The summed E-state index contributed by atoms with van der Waals surface area (Å²) in [5, 5.41) is 18.8. The van der Waals surface area contributed by atoms with Gasteiger partial charge in [0.2, 0.25) is 11.8 Å². The summed E-state index contributed by atoms with van der Waals surface area (Å²) in [4.78, 5) is 11.4. The molecule has 0 amide bonds. The molecule has 2 bridgehead atoms. The van der Waals surface area contributed by atoms with Gasteiger partial charge in [0.15, 0.2) is 5.65 Å². The topological polar surface area (TPSA) is 108 Å². The highest BCUT2D eigenvalue weighted by Gasteiger charge is 2.23. The number of hydrogen-bond acceptors (Lipinski definition) is 8. The Balaban J connectivity index is 1.69. The van der Waals surface area contributed by atoms with Crippen LogP contribution in [-0.4, -0.2) is 76.3 Å². The number of aryl methyl sites for hydroxylation is 1. The molecule has 0 saturated heterocycles. The first-order chi connectivity index (χ1) is 17.5. The van der Waals surface area contributed by atoms with Crippen LogP contribution in [0.15, 0.2) is 24.8 Å². The van der Waals surface area contributed by atoms with Crippen LogP contribution in [0.25, 0.3) is 29.1 Å². The van der Waals surface area contributed by atoms with Gasteiger partial charge in [-0.15, -0.1) is 5.10 Å². The first-order valence-corrected chi connectivity index (χ1v) is 12.3. The lowest BCUT2D eigenvalue weighted by atomic mass is 10.2. The number of ether oxygens (including phenoxy) is 2. The fourth-order valence-corrected chi connectivity index (χ4v) is 4.53. The molecule has 0 aromatic carbocycles. The molecular weight excluding hydrogens is 460 g/mol. The first-order valence-electron chi connectivity index (χ1n) is 12.3. The lowest BCUT2D eigenvalue weighted by molar-refractivity contribution is 0.133. The van der Waals surface area contributed by atoms with Gasteiger partial charge >= 0.3 is 0 Å². The molecule has 0 aliphatic carbocycles. The van der Waals surface area contributed by atoms with E-state index in [0.29, 0.717) is 38.0 Å².